The van der Waals surface area contributed by atoms with Crippen molar-refractivity contribution in [2.75, 3.05) is 7.11 Å². The van der Waals surface area contributed by atoms with Crippen LogP contribution in [0.2, 0.25) is 0 Å². The summed E-state index contributed by atoms with van der Waals surface area (Å²) in [6, 6.07) is 13.5. The van der Waals surface area contributed by atoms with Crippen molar-refractivity contribution in [3.8, 4) is 11.5 Å². The monoisotopic (exact) mass is 341 g/mol. The number of hydrogen-bond donors (Lipinski definition) is 2. The van der Waals surface area contributed by atoms with Crippen molar-refractivity contribution in [1.29, 1.82) is 0 Å². The number of benzene rings is 2. The second-order valence-electron chi connectivity index (χ2n) is 5.16. The molecule has 2 aromatic rings. The minimum Gasteiger partial charge on any atom is -0.493 e. The Balaban J connectivity index is 2.16. The van der Waals surface area contributed by atoms with Crippen LogP contribution < -0.4 is 15.2 Å². The van der Waals surface area contributed by atoms with Crippen LogP contribution in [0.25, 0.3) is 0 Å². The first-order valence-electron chi connectivity index (χ1n) is 7.59. The van der Waals surface area contributed by atoms with Crippen molar-refractivity contribution >= 4 is 11.8 Å². The quantitative estimate of drug-likeness (QED) is 0.565. The van der Waals surface area contributed by atoms with Gasteiger partial charge in [0.25, 0.3) is 0 Å². The largest absolute Gasteiger partial charge is 0.493 e. The number of carbonyl (C=O) groups excluding carboxylic acids is 1. The van der Waals surface area contributed by atoms with Crippen LogP contribution in [0, 0.1) is 0 Å². The van der Waals surface area contributed by atoms with Gasteiger partial charge in [-0.1, -0.05) is 30.3 Å². The number of methoxy groups -OCH3 is 1. The molecule has 0 fully saturated rings. The Morgan fingerprint density at radius 2 is 1.88 bits per heavy atom. The summed E-state index contributed by atoms with van der Waals surface area (Å²) in [6.45, 7) is 0.319. The van der Waals surface area contributed by atoms with Crippen molar-refractivity contribution in [3.05, 3.63) is 71.8 Å². The summed E-state index contributed by atoms with van der Waals surface area (Å²) < 4.78 is 10.6. The van der Waals surface area contributed by atoms with Gasteiger partial charge in [-0.2, -0.15) is 0 Å². The van der Waals surface area contributed by atoms with Gasteiger partial charge in [-0.15, -0.1) is 0 Å². The van der Waals surface area contributed by atoms with E-state index in [4.69, 9.17) is 15.2 Å². The zero-order valence-corrected chi connectivity index (χ0v) is 13.7. The standard InChI is InChI=1S/C19H19NO5/c1-24-16-7-2-3-8-17(16)25-18(19(22)23)10-9-15(21)14-6-4-5-13(11-14)12-20/h2-11,18H,12,20H2,1H3,(H,22,23). The van der Waals surface area contributed by atoms with Crippen LogP contribution in [-0.2, 0) is 11.3 Å². The van der Waals surface area contributed by atoms with E-state index in [0.29, 0.717) is 17.9 Å². The fourth-order valence-corrected chi connectivity index (χ4v) is 2.15. The minimum absolute atomic E-state index is 0.277. The Bertz CT molecular complexity index is 785. The summed E-state index contributed by atoms with van der Waals surface area (Å²) in [5.74, 6) is -0.861. The Morgan fingerprint density at radius 3 is 2.52 bits per heavy atom. The van der Waals surface area contributed by atoms with E-state index >= 15 is 0 Å². The van der Waals surface area contributed by atoms with E-state index in [1.807, 2.05) is 6.07 Å². The first kappa shape index (κ1) is 18.2. The van der Waals surface area contributed by atoms with Crippen molar-refractivity contribution in [1.82, 2.24) is 0 Å². The third-order valence-electron chi connectivity index (χ3n) is 3.44. The highest BCUT2D eigenvalue weighted by Gasteiger charge is 2.18. The molecule has 130 valence electrons. The molecule has 0 aliphatic rings. The van der Waals surface area contributed by atoms with E-state index in [9.17, 15) is 14.7 Å². The lowest BCUT2D eigenvalue weighted by atomic mass is 10.1. The van der Waals surface area contributed by atoms with Gasteiger partial charge in [0, 0.05) is 12.1 Å². The van der Waals surface area contributed by atoms with Gasteiger partial charge in [-0.3, -0.25) is 4.79 Å². The lowest BCUT2D eigenvalue weighted by molar-refractivity contribution is -0.142. The maximum Gasteiger partial charge on any atom is 0.349 e. The van der Waals surface area contributed by atoms with Gasteiger partial charge in [0.15, 0.2) is 17.3 Å². The van der Waals surface area contributed by atoms with Crippen molar-refractivity contribution in [3.63, 3.8) is 0 Å². The van der Waals surface area contributed by atoms with Crippen LogP contribution in [0.4, 0.5) is 0 Å². The van der Waals surface area contributed by atoms with Crippen LogP contribution in [0.5, 0.6) is 11.5 Å². The van der Waals surface area contributed by atoms with E-state index in [-0.39, 0.29) is 11.5 Å². The van der Waals surface area contributed by atoms with Gasteiger partial charge in [0.1, 0.15) is 0 Å². The normalized spacial score (nSPS) is 11.9. The average Bonchev–Trinajstić information content (AvgIpc) is 2.64. The van der Waals surface area contributed by atoms with Gasteiger partial charge >= 0.3 is 5.97 Å². The topological polar surface area (TPSA) is 98.9 Å². The summed E-state index contributed by atoms with van der Waals surface area (Å²) in [5, 5.41) is 9.32. The van der Waals surface area contributed by atoms with Crippen LogP contribution >= 0.6 is 0 Å². The number of ketones is 1. The summed E-state index contributed by atoms with van der Waals surface area (Å²) in [7, 11) is 1.46. The molecule has 0 spiro atoms. The number of carboxylic acids is 1. The third-order valence-corrected chi connectivity index (χ3v) is 3.44. The van der Waals surface area contributed by atoms with Crippen molar-refractivity contribution < 1.29 is 24.2 Å². The Labute approximate surface area is 145 Å². The summed E-state index contributed by atoms with van der Waals surface area (Å²) >= 11 is 0. The molecule has 25 heavy (non-hydrogen) atoms. The van der Waals surface area contributed by atoms with E-state index < -0.39 is 12.1 Å². The number of carboxylic acid groups (broad SMARTS) is 1. The molecule has 0 heterocycles. The number of para-hydroxylation sites is 2. The maximum atomic E-state index is 12.2. The molecular weight excluding hydrogens is 322 g/mol. The molecule has 1 unspecified atom stereocenters. The predicted molar refractivity (Wildman–Crippen MR) is 92.8 cm³/mol. The highest BCUT2D eigenvalue weighted by atomic mass is 16.5. The fourth-order valence-electron chi connectivity index (χ4n) is 2.15. The molecule has 0 aliphatic heterocycles. The molecule has 2 rings (SSSR count). The Hall–Kier alpha value is -3.12. The number of hydrogen-bond acceptors (Lipinski definition) is 5. The number of nitrogens with two attached hydrogens (primary N) is 1. The fraction of sp³-hybridized carbons (Fsp3) is 0.158. The Kier molecular flexibility index (Phi) is 6.31. The van der Waals surface area contributed by atoms with Crippen LogP contribution in [-0.4, -0.2) is 30.1 Å². The molecule has 3 N–H and O–H groups in total. The first-order chi connectivity index (χ1) is 12.0. The molecule has 6 nitrogen and oxygen atoms in total. The van der Waals surface area contributed by atoms with Gasteiger partial charge < -0.3 is 20.3 Å². The van der Waals surface area contributed by atoms with Gasteiger partial charge in [-0.25, -0.2) is 4.79 Å². The third kappa shape index (κ3) is 4.92. The first-order valence-corrected chi connectivity index (χ1v) is 7.59. The van der Waals surface area contributed by atoms with Crippen molar-refractivity contribution in [2.45, 2.75) is 12.6 Å². The van der Waals surface area contributed by atoms with E-state index in [2.05, 4.69) is 0 Å². The highest BCUT2D eigenvalue weighted by molar-refractivity contribution is 6.05. The molecule has 0 aromatic heterocycles. The average molecular weight is 341 g/mol. The molecule has 0 bridgehead atoms. The molecule has 2 aromatic carbocycles. The molecular formula is C19H19NO5. The molecule has 0 saturated heterocycles. The van der Waals surface area contributed by atoms with E-state index in [1.165, 1.54) is 19.3 Å². The van der Waals surface area contributed by atoms with Gasteiger partial charge in [-0.05, 0) is 35.9 Å². The lowest BCUT2D eigenvalue weighted by Crippen LogP contribution is -2.25. The summed E-state index contributed by atoms with van der Waals surface area (Å²) in [5.41, 5.74) is 6.81. The Morgan fingerprint density at radius 1 is 1.16 bits per heavy atom. The minimum atomic E-state index is -1.32. The van der Waals surface area contributed by atoms with Crippen molar-refractivity contribution in [2.24, 2.45) is 5.73 Å². The molecule has 0 aliphatic carbocycles. The zero-order valence-electron chi connectivity index (χ0n) is 13.7. The molecule has 6 heteroatoms. The summed E-state index contributed by atoms with van der Waals surface area (Å²) in [6.07, 6.45) is 1.06. The van der Waals surface area contributed by atoms with Gasteiger partial charge in [0.05, 0.1) is 7.11 Å². The molecule has 0 amide bonds. The second kappa shape index (κ2) is 8.65. The molecule has 1 atom stereocenters. The number of rotatable bonds is 8. The molecule has 0 saturated carbocycles. The SMILES string of the molecule is COc1ccccc1OC(C=CC(=O)c1cccc(CN)c1)C(=O)O. The summed E-state index contributed by atoms with van der Waals surface area (Å²) in [4.78, 5) is 23.6. The number of ether oxygens (including phenoxy) is 2. The van der Waals surface area contributed by atoms with E-state index in [0.717, 1.165) is 5.56 Å². The second-order valence-corrected chi connectivity index (χ2v) is 5.16. The number of aliphatic carboxylic acids is 1. The van der Waals surface area contributed by atoms with E-state index in [1.54, 1.807) is 42.5 Å². The zero-order chi connectivity index (χ0) is 18.2. The van der Waals surface area contributed by atoms with Crippen LogP contribution in [0.1, 0.15) is 15.9 Å². The van der Waals surface area contributed by atoms with Crippen LogP contribution in [0.15, 0.2) is 60.7 Å². The van der Waals surface area contributed by atoms with Gasteiger partial charge in [0.2, 0.25) is 6.10 Å². The maximum absolute atomic E-state index is 12.2. The highest BCUT2D eigenvalue weighted by Crippen LogP contribution is 2.27. The molecule has 0 radical (unpaired) electrons. The van der Waals surface area contributed by atoms with Crippen LogP contribution in [0.3, 0.4) is 0 Å². The number of carbonyl (C=O) groups is 2. The lowest BCUT2D eigenvalue weighted by Gasteiger charge is -2.14. The number of allylic oxidation sites excluding steroid dienone is 1. The predicted octanol–water partition coefficient (Wildman–Crippen LogP) is 2.42. The smallest absolute Gasteiger partial charge is 0.349 e.